The van der Waals surface area contributed by atoms with E-state index in [1.54, 1.807) is 0 Å². The predicted octanol–water partition coefficient (Wildman–Crippen LogP) is 3.25. The molecule has 1 N–H and O–H groups in total. The summed E-state index contributed by atoms with van der Waals surface area (Å²) in [6.45, 7) is 3.63. The molecule has 21 heavy (non-hydrogen) atoms. The van der Waals surface area contributed by atoms with Crippen LogP contribution in [0, 0.1) is 19.7 Å². The van der Waals surface area contributed by atoms with Gasteiger partial charge in [-0.2, -0.15) is 0 Å². The molecule has 0 amide bonds. The number of hydrogen-bond donors (Lipinski definition) is 1. The molecule has 0 saturated heterocycles. The third kappa shape index (κ3) is 3.16. The van der Waals surface area contributed by atoms with E-state index in [9.17, 15) is 12.8 Å². The van der Waals surface area contributed by atoms with Gasteiger partial charge in [-0.1, -0.05) is 18.2 Å². The van der Waals surface area contributed by atoms with Crippen LogP contribution < -0.4 is 9.46 Å². The average Bonchev–Trinajstić information content (AvgIpc) is 2.43. The molecule has 4 nitrogen and oxygen atoms in total. The van der Waals surface area contributed by atoms with E-state index in [1.807, 2.05) is 32.0 Å². The topological polar surface area (TPSA) is 55.4 Å². The summed E-state index contributed by atoms with van der Waals surface area (Å²) in [6, 6.07) is 8.91. The molecule has 0 aliphatic carbocycles. The minimum absolute atomic E-state index is 0.0524. The molecule has 0 fully saturated rings. The number of methoxy groups -OCH3 is 1. The van der Waals surface area contributed by atoms with Crippen LogP contribution in [0.3, 0.4) is 0 Å². The monoisotopic (exact) mass is 309 g/mol. The summed E-state index contributed by atoms with van der Waals surface area (Å²) in [5, 5.41) is 0. The lowest BCUT2D eigenvalue weighted by molar-refractivity contribution is 0.385. The Bertz CT molecular complexity index is 752. The van der Waals surface area contributed by atoms with E-state index in [2.05, 4.69) is 4.72 Å². The first-order valence-electron chi connectivity index (χ1n) is 6.27. The van der Waals surface area contributed by atoms with E-state index in [1.165, 1.54) is 13.2 Å². The molecule has 2 aromatic carbocycles. The largest absolute Gasteiger partial charge is 0.494 e. The Morgan fingerprint density at radius 3 is 2.29 bits per heavy atom. The van der Waals surface area contributed by atoms with Crippen molar-refractivity contribution in [3.05, 3.63) is 53.3 Å². The van der Waals surface area contributed by atoms with Gasteiger partial charge in [0.25, 0.3) is 10.0 Å². The molecule has 112 valence electrons. The van der Waals surface area contributed by atoms with Gasteiger partial charge in [0, 0.05) is 6.07 Å². The van der Waals surface area contributed by atoms with Crippen molar-refractivity contribution >= 4 is 15.7 Å². The van der Waals surface area contributed by atoms with Gasteiger partial charge in [0.1, 0.15) is 0 Å². The van der Waals surface area contributed by atoms with E-state index < -0.39 is 15.8 Å². The molecule has 0 saturated carbocycles. The molecular formula is C15H16FNO3S. The Balaban J connectivity index is 2.44. The van der Waals surface area contributed by atoms with Crippen LogP contribution in [0.4, 0.5) is 10.1 Å². The molecule has 0 aliphatic rings. The van der Waals surface area contributed by atoms with Gasteiger partial charge in [-0.05, 0) is 37.1 Å². The van der Waals surface area contributed by atoms with Crippen molar-refractivity contribution in [2.24, 2.45) is 0 Å². The van der Waals surface area contributed by atoms with E-state index in [0.717, 1.165) is 23.3 Å². The van der Waals surface area contributed by atoms with Crippen LogP contribution in [0.15, 0.2) is 41.3 Å². The number of rotatable bonds is 4. The molecule has 6 heteroatoms. The van der Waals surface area contributed by atoms with Crippen LogP contribution in [-0.2, 0) is 10.0 Å². The van der Waals surface area contributed by atoms with Gasteiger partial charge in [0.05, 0.1) is 17.7 Å². The van der Waals surface area contributed by atoms with Crippen molar-refractivity contribution in [1.82, 2.24) is 0 Å². The highest BCUT2D eigenvalue weighted by Gasteiger charge is 2.18. The molecule has 2 rings (SSSR count). The highest BCUT2D eigenvalue weighted by atomic mass is 32.2. The number of ether oxygens (including phenoxy) is 1. The molecule has 0 unspecified atom stereocenters. The summed E-state index contributed by atoms with van der Waals surface area (Å²) in [7, 11) is -2.52. The van der Waals surface area contributed by atoms with Gasteiger partial charge < -0.3 is 4.74 Å². The fraction of sp³-hybridized carbons (Fsp3) is 0.200. The van der Waals surface area contributed by atoms with Crippen molar-refractivity contribution in [1.29, 1.82) is 0 Å². The Morgan fingerprint density at radius 1 is 1.10 bits per heavy atom. The first-order chi connectivity index (χ1) is 9.85. The molecule has 0 spiro atoms. The van der Waals surface area contributed by atoms with Gasteiger partial charge in [0.15, 0.2) is 11.6 Å². The van der Waals surface area contributed by atoms with Crippen molar-refractivity contribution in [3.63, 3.8) is 0 Å². The maximum Gasteiger partial charge on any atom is 0.262 e. The van der Waals surface area contributed by atoms with Crippen LogP contribution in [0.25, 0.3) is 0 Å². The van der Waals surface area contributed by atoms with E-state index in [0.29, 0.717) is 5.69 Å². The second kappa shape index (κ2) is 5.73. The predicted molar refractivity (Wildman–Crippen MR) is 79.7 cm³/mol. The van der Waals surface area contributed by atoms with Gasteiger partial charge >= 0.3 is 0 Å². The number of halogens is 1. The third-order valence-electron chi connectivity index (χ3n) is 3.15. The number of aryl methyl sites for hydroxylation is 2. The minimum Gasteiger partial charge on any atom is -0.494 e. The first-order valence-corrected chi connectivity index (χ1v) is 7.76. The molecule has 0 radical (unpaired) electrons. The fourth-order valence-electron chi connectivity index (χ4n) is 1.98. The Labute approximate surface area is 123 Å². The van der Waals surface area contributed by atoms with Gasteiger partial charge in [-0.25, -0.2) is 12.8 Å². The Hall–Kier alpha value is -2.08. The quantitative estimate of drug-likeness (QED) is 0.943. The van der Waals surface area contributed by atoms with Crippen molar-refractivity contribution in [2.75, 3.05) is 11.8 Å². The maximum atomic E-state index is 13.4. The van der Waals surface area contributed by atoms with Crippen LogP contribution in [-0.4, -0.2) is 15.5 Å². The second-order valence-corrected chi connectivity index (χ2v) is 6.35. The summed E-state index contributed by atoms with van der Waals surface area (Å²) in [5.41, 5.74) is 2.15. The number of anilines is 1. The van der Waals surface area contributed by atoms with Gasteiger partial charge in [0.2, 0.25) is 0 Å². The van der Waals surface area contributed by atoms with Gasteiger partial charge in [-0.15, -0.1) is 0 Å². The van der Waals surface area contributed by atoms with Crippen LogP contribution >= 0.6 is 0 Å². The van der Waals surface area contributed by atoms with Crippen LogP contribution in [0.2, 0.25) is 0 Å². The Kier molecular flexibility index (Phi) is 4.18. The SMILES string of the molecule is COc1cc(S(=O)(=O)Nc2c(C)cccc2C)ccc1F. The minimum atomic E-state index is -3.80. The molecular weight excluding hydrogens is 293 g/mol. The summed E-state index contributed by atoms with van der Waals surface area (Å²) in [4.78, 5) is -0.0524. The number of benzene rings is 2. The van der Waals surface area contributed by atoms with Crippen LogP contribution in [0.1, 0.15) is 11.1 Å². The zero-order valence-corrected chi connectivity index (χ0v) is 12.8. The number of hydrogen-bond acceptors (Lipinski definition) is 3. The van der Waals surface area contributed by atoms with E-state index in [-0.39, 0.29) is 10.6 Å². The lowest BCUT2D eigenvalue weighted by Gasteiger charge is -2.13. The molecule has 0 bridgehead atoms. The normalized spacial score (nSPS) is 11.2. The molecule has 0 heterocycles. The zero-order valence-electron chi connectivity index (χ0n) is 12.0. The smallest absolute Gasteiger partial charge is 0.262 e. The molecule has 0 atom stereocenters. The first kappa shape index (κ1) is 15.3. The zero-order chi connectivity index (χ0) is 15.6. The van der Waals surface area contributed by atoms with Crippen LogP contribution in [0.5, 0.6) is 5.75 Å². The fourth-order valence-corrected chi connectivity index (χ4v) is 3.19. The summed E-state index contributed by atoms with van der Waals surface area (Å²) >= 11 is 0. The standard InChI is InChI=1S/C15H16FNO3S/c1-10-5-4-6-11(2)15(10)17-21(18,19)12-7-8-13(16)14(9-12)20-3/h4-9,17H,1-3H3. The second-order valence-electron chi connectivity index (χ2n) is 4.67. The van der Waals surface area contributed by atoms with Crippen molar-refractivity contribution < 1.29 is 17.5 Å². The number of sulfonamides is 1. The molecule has 0 aromatic heterocycles. The van der Waals surface area contributed by atoms with Gasteiger partial charge in [-0.3, -0.25) is 4.72 Å². The molecule has 2 aromatic rings. The average molecular weight is 309 g/mol. The maximum absolute atomic E-state index is 13.4. The highest BCUT2D eigenvalue weighted by molar-refractivity contribution is 7.92. The van der Waals surface area contributed by atoms with Crippen molar-refractivity contribution in [2.45, 2.75) is 18.7 Å². The lowest BCUT2D eigenvalue weighted by Crippen LogP contribution is -2.15. The molecule has 0 aliphatic heterocycles. The van der Waals surface area contributed by atoms with E-state index >= 15 is 0 Å². The van der Waals surface area contributed by atoms with Crippen molar-refractivity contribution in [3.8, 4) is 5.75 Å². The highest BCUT2D eigenvalue weighted by Crippen LogP contribution is 2.26. The summed E-state index contributed by atoms with van der Waals surface area (Å²) in [6.07, 6.45) is 0. The third-order valence-corrected chi connectivity index (χ3v) is 4.50. The summed E-state index contributed by atoms with van der Waals surface area (Å²) < 4.78 is 45.5. The summed E-state index contributed by atoms with van der Waals surface area (Å²) in [5.74, 6) is -0.720. The number of para-hydroxylation sites is 1. The Morgan fingerprint density at radius 2 is 1.71 bits per heavy atom. The number of nitrogens with one attached hydrogen (secondary N) is 1. The lowest BCUT2D eigenvalue weighted by atomic mass is 10.1. The van der Waals surface area contributed by atoms with E-state index in [4.69, 9.17) is 4.74 Å².